The summed E-state index contributed by atoms with van der Waals surface area (Å²) in [6.07, 6.45) is 0. The van der Waals surface area contributed by atoms with Crippen LogP contribution in [-0.2, 0) is 17.9 Å². The summed E-state index contributed by atoms with van der Waals surface area (Å²) in [4.78, 5) is 20.3. The standard InChI is InChI=1S/C21H19FN4OS/c1-15(27)26(20-8-6-18(22)7-9-20)21-24-19(14-28-21)13-25(2)12-17-5-3-4-16(10-17)11-23/h3-10,14H,12-13H2,1-2H3. The lowest BCUT2D eigenvalue weighted by molar-refractivity contribution is -0.115. The Morgan fingerprint density at radius 1 is 1.21 bits per heavy atom. The second-order valence-electron chi connectivity index (χ2n) is 6.44. The lowest BCUT2D eigenvalue weighted by Crippen LogP contribution is -2.23. The van der Waals surface area contributed by atoms with Crippen molar-refractivity contribution in [2.45, 2.75) is 20.0 Å². The maximum Gasteiger partial charge on any atom is 0.230 e. The Labute approximate surface area is 167 Å². The first kappa shape index (κ1) is 19.7. The first-order valence-corrected chi connectivity index (χ1v) is 9.52. The molecular weight excluding hydrogens is 375 g/mol. The maximum atomic E-state index is 13.2. The van der Waals surface area contributed by atoms with E-state index in [4.69, 9.17) is 5.26 Å². The maximum absolute atomic E-state index is 13.2. The Hall–Kier alpha value is -3.08. The molecule has 0 saturated heterocycles. The second kappa shape index (κ2) is 8.74. The zero-order valence-corrected chi connectivity index (χ0v) is 16.4. The largest absolute Gasteiger partial charge is 0.296 e. The fourth-order valence-electron chi connectivity index (χ4n) is 2.87. The van der Waals surface area contributed by atoms with E-state index >= 15 is 0 Å². The number of amides is 1. The van der Waals surface area contributed by atoms with Crippen LogP contribution in [0.4, 0.5) is 15.2 Å². The zero-order chi connectivity index (χ0) is 20.1. The van der Waals surface area contributed by atoms with E-state index in [9.17, 15) is 9.18 Å². The van der Waals surface area contributed by atoms with Crippen molar-refractivity contribution >= 4 is 28.1 Å². The molecule has 0 spiro atoms. The molecular formula is C21H19FN4OS. The molecule has 0 aliphatic rings. The molecule has 0 atom stereocenters. The van der Waals surface area contributed by atoms with Crippen molar-refractivity contribution < 1.29 is 9.18 Å². The molecule has 142 valence electrons. The van der Waals surface area contributed by atoms with Gasteiger partial charge in [0, 0.05) is 25.4 Å². The molecule has 0 aliphatic carbocycles. The fraction of sp³-hybridized carbons (Fsp3) is 0.190. The summed E-state index contributed by atoms with van der Waals surface area (Å²) in [5, 5.41) is 11.5. The predicted octanol–water partition coefficient (Wildman–Crippen LogP) is 4.47. The Morgan fingerprint density at radius 2 is 1.96 bits per heavy atom. The van der Waals surface area contributed by atoms with Crippen LogP contribution in [0.1, 0.15) is 23.7 Å². The zero-order valence-electron chi connectivity index (χ0n) is 15.6. The number of aromatic nitrogens is 1. The van der Waals surface area contributed by atoms with E-state index in [1.165, 1.54) is 35.3 Å². The van der Waals surface area contributed by atoms with Crippen molar-refractivity contribution in [3.63, 3.8) is 0 Å². The molecule has 1 heterocycles. The van der Waals surface area contributed by atoms with Gasteiger partial charge < -0.3 is 0 Å². The number of nitrogens with zero attached hydrogens (tertiary/aromatic N) is 4. The molecule has 0 radical (unpaired) electrons. The molecule has 0 aliphatic heterocycles. The molecule has 28 heavy (non-hydrogen) atoms. The number of carbonyl (C=O) groups excluding carboxylic acids is 1. The van der Waals surface area contributed by atoms with Gasteiger partial charge in [0.1, 0.15) is 5.82 Å². The molecule has 5 nitrogen and oxygen atoms in total. The molecule has 0 N–H and O–H groups in total. The summed E-state index contributed by atoms with van der Waals surface area (Å²) >= 11 is 1.37. The van der Waals surface area contributed by atoms with Gasteiger partial charge in [0.2, 0.25) is 5.91 Å². The lowest BCUT2D eigenvalue weighted by atomic mass is 10.1. The molecule has 1 amide bonds. The van der Waals surface area contributed by atoms with Gasteiger partial charge >= 0.3 is 0 Å². The monoisotopic (exact) mass is 394 g/mol. The van der Waals surface area contributed by atoms with E-state index in [0.29, 0.717) is 29.5 Å². The predicted molar refractivity (Wildman–Crippen MR) is 108 cm³/mol. The third-order valence-electron chi connectivity index (χ3n) is 4.07. The number of carbonyl (C=O) groups is 1. The molecule has 3 aromatic rings. The number of halogens is 1. The normalized spacial score (nSPS) is 10.7. The number of rotatable bonds is 6. The van der Waals surface area contributed by atoms with Gasteiger partial charge in [-0.3, -0.25) is 14.6 Å². The van der Waals surface area contributed by atoms with Crippen molar-refractivity contribution in [1.29, 1.82) is 5.26 Å². The van der Waals surface area contributed by atoms with E-state index in [0.717, 1.165) is 11.3 Å². The van der Waals surface area contributed by atoms with Crippen LogP contribution in [0.15, 0.2) is 53.9 Å². The summed E-state index contributed by atoms with van der Waals surface area (Å²) in [7, 11) is 1.97. The van der Waals surface area contributed by atoms with Crippen LogP contribution in [0, 0.1) is 17.1 Å². The SMILES string of the molecule is CC(=O)N(c1ccc(F)cc1)c1nc(CN(C)Cc2cccc(C#N)c2)cs1. The number of nitriles is 1. The van der Waals surface area contributed by atoms with Crippen molar-refractivity contribution in [2.24, 2.45) is 0 Å². The summed E-state index contributed by atoms with van der Waals surface area (Å²) in [5.74, 6) is -0.539. The third kappa shape index (κ3) is 4.80. The van der Waals surface area contributed by atoms with E-state index in [1.807, 2.05) is 30.6 Å². The van der Waals surface area contributed by atoms with E-state index in [-0.39, 0.29) is 11.7 Å². The van der Waals surface area contributed by atoms with E-state index < -0.39 is 0 Å². The van der Waals surface area contributed by atoms with Crippen molar-refractivity contribution in [3.8, 4) is 6.07 Å². The highest BCUT2D eigenvalue weighted by molar-refractivity contribution is 7.14. The van der Waals surface area contributed by atoms with Crippen molar-refractivity contribution in [3.05, 3.63) is 76.5 Å². The van der Waals surface area contributed by atoms with Gasteiger partial charge in [-0.2, -0.15) is 5.26 Å². The van der Waals surface area contributed by atoms with Gasteiger partial charge in [-0.1, -0.05) is 12.1 Å². The van der Waals surface area contributed by atoms with Crippen molar-refractivity contribution in [1.82, 2.24) is 9.88 Å². The third-order valence-corrected chi connectivity index (χ3v) is 4.95. The minimum atomic E-state index is -0.353. The van der Waals surface area contributed by atoms with Gasteiger partial charge in [-0.05, 0) is 49.0 Å². The Morgan fingerprint density at radius 3 is 2.64 bits per heavy atom. The smallest absolute Gasteiger partial charge is 0.230 e. The minimum Gasteiger partial charge on any atom is -0.296 e. The topological polar surface area (TPSA) is 60.2 Å². The first-order chi connectivity index (χ1) is 13.5. The van der Waals surface area contributed by atoms with Crippen LogP contribution in [0.5, 0.6) is 0 Å². The van der Waals surface area contributed by atoms with Crippen LogP contribution >= 0.6 is 11.3 Å². The Bertz CT molecular complexity index is 1010. The molecule has 2 aromatic carbocycles. The number of hydrogen-bond acceptors (Lipinski definition) is 5. The van der Waals surface area contributed by atoms with Crippen LogP contribution in [0.25, 0.3) is 0 Å². The lowest BCUT2D eigenvalue weighted by Gasteiger charge is -2.18. The van der Waals surface area contributed by atoms with Crippen molar-refractivity contribution in [2.75, 3.05) is 11.9 Å². The number of anilines is 2. The molecule has 0 saturated carbocycles. The highest BCUT2D eigenvalue weighted by Gasteiger charge is 2.18. The highest BCUT2D eigenvalue weighted by atomic mass is 32.1. The molecule has 3 rings (SSSR count). The highest BCUT2D eigenvalue weighted by Crippen LogP contribution is 2.29. The average molecular weight is 394 g/mol. The van der Waals surface area contributed by atoms with Gasteiger partial charge in [0.15, 0.2) is 5.13 Å². The van der Waals surface area contributed by atoms with Gasteiger partial charge in [-0.15, -0.1) is 11.3 Å². The molecule has 0 bridgehead atoms. The molecule has 0 unspecified atom stereocenters. The fourth-order valence-corrected chi connectivity index (χ4v) is 3.75. The summed E-state index contributed by atoms with van der Waals surface area (Å²) in [6.45, 7) is 2.73. The van der Waals surface area contributed by atoms with Gasteiger partial charge in [-0.25, -0.2) is 9.37 Å². The number of thiazole rings is 1. The van der Waals surface area contributed by atoms with Crippen LogP contribution in [0.2, 0.25) is 0 Å². The minimum absolute atomic E-state index is 0.186. The summed E-state index contributed by atoms with van der Waals surface area (Å²) in [5.41, 5.74) is 3.11. The second-order valence-corrected chi connectivity index (χ2v) is 7.27. The van der Waals surface area contributed by atoms with Crippen LogP contribution in [-0.4, -0.2) is 22.8 Å². The van der Waals surface area contributed by atoms with E-state index in [1.54, 1.807) is 18.2 Å². The van der Waals surface area contributed by atoms with Crippen LogP contribution < -0.4 is 4.90 Å². The number of benzene rings is 2. The first-order valence-electron chi connectivity index (χ1n) is 8.64. The van der Waals surface area contributed by atoms with Gasteiger partial charge in [0.25, 0.3) is 0 Å². The Kier molecular flexibility index (Phi) is 6.14. The average Bonchev–Trinajstić information content (AvgIpc) is 3.11. The quantitative estimate of drug-likeness (QED) is 0.619. The number of hydrogen-bond donors (Lipinski definition) is 0. The molecule has 1 aromatic heterocycles. The van der Waals surface area contributed by atoms with Crippen LogP contribution in [0.3, 0.4) is 0 Å². The summed E-state index contributed by atoms with van der Waals surface area (Å²) in [6, 6.07) is 15.4. The van der Waals surface area contributed by atoms with Gasteiger partial charge in [0.05, 0.1) is 23.0 Å². The summed E-state index contributed by atoms with van der Waals surface area (Å²) < 4.78 is 13.2. The molecule has 0 fully saturated rings. The Balaban J connectivity index is 1.72. The van der Waals surface area contributed by atoms with E-state index in [2.05, 4.69) is 16.0 Å². The molecule has 7 heteroatoms.